The van der Waals surface area contributed by atoms with Crippen molar-refractivity contribution in [2.24, 2.45) is 0 Å². The average molecular weight is 213 g/mol. The Morgan fingerprint density at radius 3 is 1.45 bits per heavy atom. The molecule has 0 bridgehead atoms. The van der Waals surface area contributed by atoms with Crippen LogP contribution in [0.3, 0.4) is 0 Å². The molecule has 0 saturated carbocycles. The summed E-state index contributed by atoms with van der Waals surface area (Å²) in [5.74, 6) is 1.65. The van der Waals surface area contributed by atoms with E-state index in [9.17, 15) is 0 Å². The molecule has 0 aromatic carbocycles. The van der Waals surface area contributed by atoms with E-state index in [-0.39, 0.29) is 0 Å². The van der Waals surface area contributed by atoms with Gasteiger partial charge in [-0.05, 0) is 12.1 Å². The summed E-state index contributed by atoms with van der Waals surface area (Å²) >= 11 is 11.5. The van der Waals surface area contributed by atoms with Crippen LogP contribution in [0.25, 0.3) is 0 Å². The summed E-state index contributed by atoms with van der Waals surface area (Å²) in [6, 6.07) is 5.16. The third-order valence-electron chi connectivity index (χ3n) is 2.75. The minimum atomic E-state index is -1.01. The van der Waals surface area contributed by atoms with E-state index in [1.54, 1.807) is 0 Å². The van der Waals surface area contributed by atoms with E-state index in [2.05, 4.69) is 13.8 Å². The van der Waals surface area contributed by atoms with Gasteiger partial charge >= 0.3 is 0 Å². The van der Waals surface area contributed by atoms with E-state index >= 15 is 0 Å². The van der Waals surface area contributed by atoms with Gasteiger partial charge in [0.15, 0.2) is 0 Å². The molecule has 0 rings (SSSR count). The Morgan fingerprint density at radius 1 is 0.909 bits per heavy atom. The van der Waals surface area contributed by atoms with Gasteiger partial charge in [-0.3, -0.25) is 0 Å². The maximum atomic E-state index is 5.77. The van der Waals surface area contributed by atoms with E-state index in [0.29, 0.717) is 0 Å². The monoisotopic (exact) mass is 212 g/mol. The van der Waals surface area contributed by atoms with Crippen molar-refractivity contribution in [2.45, 2.75) is 38.0 Å². The van der Waals surface area contributed by atoms with Gasteiger partial charge in [0.25, 0.3) is 0 Å². The summed E-state index contributed by atoms with van der Waals surface area (Å²) in [4.78, 5) is 0. The van der Waals surface area contributed by atoms with Crippen molar-refractivity contribution in [3.63, 3.8) is 0 Å². The summed E-state index contributed by atoms with van der Waals surface area (Å²) in [5.41, 5.74) is 0. The Balaban J connectivity index is 3.96. The zero-order chi connectivity index (χ0) is 8.74. The summed E-state index contributed by atoms with van der Waals surface area (Å²) in [6.07, 6.45) is 0. The molecule has 0 amide bonds. The largest absolute Gasteiger partial charge is 0.127 e. The fourth-order valence-corrected chi connectivity index (χ4v) is 6.85. The predicted molar refractivity (Wildman–Crippen MR) is 57.8 cm³/mol. The molecule has 0 spiro atoms. The molecule has 0 atom stereocenters. The van der Waals surface area contributed by atoms with Crippen LogP contribution in [0.2, 0.25) is 24.2 Å². The molecule has 0 aromatic rings. The van der Waals surface area contributed by atoms with E-state index in [1.807, 2.05) is 0 Å². The quantitative estimate of drug-likeness (QED) is 0.463. The summed E-state index contributed by atoms with van der Waals surface area (Å²) in [7, 11) is -1.01. The highest BCUT2D eigenvalue weighted by molar-refractivity contribution is 6.80. The molecular weight excluding hydrogens is 195 g/mol. The molecule has 0 N–H and O–H groups in total. The van der Waals surface area contributed by atoms with Crippen LogP contribution in [0, 0.1) is 0 Å². The number of halogens is 2. The van der Waals surface area contributed by atoms with Crippen molar-refractivity contribution in [1.29, 1.82) is 0 Å². The molecule has 0 saturated heterocycles. The maximum absolute atomic E-state index is 5.77. The van der Waals surface area contributed by atoms with Gasteiger partial charge in [-0.1, -0.05) is 25.9 Å². The van der Waals surface area contributed by atoms with Gasteiger partial charge in [-0.15, -0.1) is 23.2 Å². The molecule has 11 heavy (non-hydrogen) atoms. The van der Waals surface area contributed by atoms with Crippen molar-refractivity contribution >= 4 is 31.3 Å². The third-order valence-corrected chi connectivity index (χ3v) is 9.38. The third kappa shape index (κ3) is 3.82. The first-order valence-electron chi connectivity index (χ1n) is 4.36. The first-order chi connectivity index (χ1) is 5.24. The molecule has 3 heteroatoms. The Hall–Kier alpha value is 0.797. The number of hydrogen-bond acceptors (Lipinski definition) is 0. The Labute approximate surface area is 81.3 Å². The molecule has 0 aliphatic rings. The lowest BCUT2D eigenvalue weighted by atomic mass is 10.9. The molecule has 0 nitrogen and oxygen atoms in total. The lowest BCUT2D eigenvalue weighted by molar-refractivity contribution is 1.12. The lowest BCUT2D eigenvalue weighted by Gasteiger charge is -2.27. The van der Waals surface area contributed by atoms with Crippen molar-refractivity contribution < 1.29 is 0 Å². The van der Waals surface area contributed by atoms with Gasteiger partial charge < -0.3 is 0 Å². The number of alkyl halides is 2. The van der Waals surface area contributed by atoms with E-state index in [4.69, 9.17) is 23.2 Å². The Morgan fingerprint density at radius 2 is 1.27 bits per heavy atom. The highest BCUT2D eigenvalue weighted by atomic mass is 35.5. The SMILES string of the molecule is CC[Si](CC)(CCCl)CCCl. The highest BCUT2D eigenvalue weighted by Crippen LogP contribution is 2.26. The van der Waals surface area contributed by atoms with Gasteiger partial charge in [0.2, 0.25) is 0 Å². The minimum Gasteiger partial charge on any atom is -0.127 e. The fraction of sp³-hybridized carbons (Fsp3) is 1.00. The second-order valence-electron chi connectivity index (χ2n) is 3.09. The maximum Gasteiger partial charge on any atom is 0.0553 e. The standard InChI is InChI=1S/C8H18Cl2Si/c1-3-11(4-2,7-5-9)8-6-10/h3-8H2,1-2H3. The van der Waals surface area contributed by atoms with Gasteiger partial charge in [-0.25, -0.2) is 0 Å². The van der Waals surface area contributed by atoms with Crippen LogP contribution in [0.15, 0.2) is 0 Å². The van der Waals surface area contributed by atoms with Crippen LogP contribution in [-0.2, 0) is 0 Å². The highest BCUT2D eigenvalue weighted by Gasteiger charge is 2.26. The van der Waals surface area contributed by atoms with Gasteiger partial charge in [0.05, 0.1) is 8.07 Å². The van der Waals surface area contributed by atoms with E-state index < -0.39 is 8.07 Å². The number of hydrogen-bond donors (Lipinski definition) is 0. The molecule has 0 radical (unpaired) electrons. The lowest BCUT2D eigenvalue weighted by Crippen LogP contribution is -2.32. The minimum absolute atomic E-state index is 0.824. The topological polar surface area (TPSA) is 0 Å². The number of rotatable bonds is 6. The smallest absolute Gasteiger partial charge is 0.0553 e. The van der Waals surface area contributed by atoms with Crippen LogP contribution >= 0.6 is 23.2 Å². The zero-order valence-corrected chi connectivity index (χ0v) is 10.0. The van der Waals surface area contributed by atoms with Crippen LogP contribution in [0.5, 0.6) is 0 Å². The van der Waals surface area contributed by atoms with Crippen LogP contribution < -0.4 is 0 Å². The van der Waals surface area contributed by atoms with Gasteiger partial charge in [-0.2, -0.15) is 0 Å². The molecule has 0 unspecified atom stereocenters. The van der Waals surface area contributed by atoms with Crippen LogP contribution in [0.1, 0.15) is 13.8 Å². The van der Waals surface area contributed by atoms with Crippen LogP contribution in [0.4, 0.5) is 0 Å². The summed E-state index contributed by atoms with van der Waals surface area (Å²) in [5, 5.41) is 0. The predicted octanol–water partition coefficient (Wildman–Crippen LogP) is 3.95. The molecule has 0 aliphatic heterocycles. The summed E-state index contributed by atoms with van der Waals surface area (Å²) in [6.45, 7) is 4.57. The fourth-order valence-electron chi connectivity index (χ4n) is 1.48. The molecular formula is C8H18Cl2Si. The molecule has 0 aromatic heterocycles. The Bertz CT molecular complexity index is 84.1. The second-order valence-corrected chi connectivity index (χ2v) is 9.26. The zero-order valence-electron chi connectivity index (χ0n) is 7.50. The average Bonchev–Trinajstić information content (AvgIpc) is 2.04. The second kappa shape index (κ2) is 6.33. The molecule has 0 fully saturated rings. The molecule has 0 aliphatic carbocycles. The first kappa shape index (κ1) is 11.8. The van der Waals surface area contributed by atoms with E-state index in [0.717, 1.165) is 11.8 Å². The first-order valence-corrected chi connectivity index (χ1v) is 8.26. The van der Waals surface area contributed by atoms with Crippen molar-refractivity contribution in [3.8, 4) is 0 Å². The molecule has 0 heterocycles. The van der Waals surface area contributed by atoms with Gasteiger partial charge in [0, 0.05) is 11.8 Å². The Kier molecular flexibility index (Phi) is 6.79. The molecule has 68 valence electrons. The van der Waals surface area contributed by atoms with Crippen molar-refractivity contribution in [1.82, 2.24) is 0 Å². The summed E-state index contributed by atoms with van der Waals surface area (Å²) < 4.78 is 0. The van der Waals surface area contributed by atoms with E-state index in [1.165, 1.54) is 24.2 Å². The normalized spacial score (nSPS) is 12.0. The van der Waals surface area contributed by atoms with Crippen molar-refractivity contribution in [2.75, 3.05) is 11.8 Å². The van der Waals surface area contributed by atoms with Crippen molar-refractivity contribution in [3.05, 3.63) is 0 Å². The van der Waals surface area contributed by atoms with Gasteiger partial charge in [0.1, 0.15) is 0 Å². The van der Waals surface area contributed by atoms with Crippen LogP contribution in [-0.4, -0.2) is 19.8 Å².